The summed E-state index contributed by atoms with van der Waals surface area (Å²) in [5.74, 6) is -0.180. The minimum Gasteiger partial charge on any atom is -0.325 e. The Labute approximate surface area is 104 Å². The van der Waals surface area contributed by atoms with Crippen molar-refractivity contribution in [2.24, 2.45) is 5.73 Å². The van der Waals surface area contributed by atoms with Gasteiger partial charge in [-0.1, -0.05) is 22.0 Å². The summed E-state index contributed by atoms with van der Waals surface area (Å²) in [6.07, 6.45) is 0. The van der Waals surface area contributed by atoms with E-state index >= 15 is 0 Å². The maximum absolute atomic E-state index is 11.3. The summed E-state index contributed by atoms with van der Waals surface area (Å²) in [7, 11) is 0. The number of nitrogens with one attached hydrogen (secondary N) is 1. The molecule has 0 spiro atoms. The van der Waals surface area contributed by atoms with Crippen LogP contribution in [0.2, 0.25) is 0 Å². The molecule has 1 aromatic rings. The van der Waals surface area contributed by atoms with Crippen LogP contribution in [0.5, 0.6) is 0 Å². The van der Waals surface area contributed by atoms with E-state index in [2.05, 4.69) is 21.2 Å². The molecule has 3 N–H and O–H groups in total. The molecule has 1 atom stereocenters. The van der Waals surface area contributed by atoms with Crippen LogP contribution in [0.3, 0.4) is 0 Å². The van der Waals surface area contributed by atoms with Gasteiger partial charge in [-0.25, -0.2) is 0 Å². The standard InChI is InChI=1S/C10H13BrN2O.ClH/c1-6-3-4-8(5-9(6)11)13-10(14)7(2)12;/h3-5,7H,12H2,1-2H3,(H,13,14);1H. The molecule has 0 bridgehead atoms. The summed E-state index contributed by atoms with van der Waals surface area (Å²) in [5, 5.41) is 2.72. The molecule has 0 aliphatic heterocycles. The minimum absolute atomic E-state index is 0. The minimum atomic E-state index is -0.491. The lowest BCUT2D eigenvalue weighted by Crippen LogP contribution is -2.32. The van der Waals surface area contributed by atoms with Gasteiger partial charge in [-0.15, -0.1) is 12.4 Å². The first-order valence-electron chi connectivity index (χ1n) is 4.33. The lowest BCUT2D eigenvalue weighted by atomic mass is 10.2. The normalized spacial score (nSPS) is 11.5. The third-order valence-corrected chi connectivity index (χ3v) is 2.71. The van der Waals surface area contributed by atoms with Gasteiger partial charge in [-0.3, -0.25) is 4.79 Å². The Kier molecular flexibility index (Phi) is 5.87. The van der Waals surface area contributed by atoms with Gasteiger partial charge < -0.3 is 11.1 Å². The Morgan fingerprint density at radius 3 is 2.60 bits per heavy atom. The Hall–Kier alpha value is -0.580. The van der Waals surface area contributed by atoms with Crippen molar-refractivity contribution in [3.8, 4) is 0 Å². The molecule has 1 aromatic carbocycles. The summed E-state index contributed by atoms with van der Waals surface area (Å²) < 4.78 is 0.972. The van der Waals surface area contributed by atoms with Crippen molar-refractivity contribution in [2.45, 2.75) is 19.9 Å². The predicted octanol–water partition coefficient (Wildman–Crippen LogP) is 2.47. The monoisotopic (exact) mass is 292 g/mol. The molecule has 5 heteroatoms. The second-order valence-electron chi connectivity index (χ2n) is 3.24. The molecule has 0 aliphatic carbocycles. The fraction of sp³-hybridized carbons (Fsp3) is 0.300. The third-order valence-electron chi connectivity index (χ3n) is 1.85. The van der Waals surface area contributed by atoms with Crippen molar-refractivity contribution >= 4 is 39.9 Å². The highest BCUT2D eigenvalue weighted by atomic mass is 79.9. The zero-order valence-electron chi connectivity index (χ0n) is 8.58. The number of hydrogen-bond acceptors (Lipinski definition) is 2. The first kappa shape index (κ1) is 14.4. The van der Waals surface area contributed by atoms with E-state index in [1.807, 2.05) is 25.1 Å². The molecule has 0 aromatic heterocycles. The van der Waals surface area contributed by atoms with E-state index in [9.17, 15) is 4.79 Å². The first-order chi connectivity index (χ1) is 6.50. The summed E-state index contributed by atoms with van der Waals surface area (Å²) in [6.45, 7) is 3.64. The van der Waals surface area contributed by atoms with Crippen LogP contribution >= 0.6 is 28.3 Å². The molecule has 0 fully saturated rings. The molecule has 3 nitrogen and oxygen atoms in total. The summed E-state index contributed by atoms with van der Waals surface area (Å²) in [6, 6.07) is 5.15. The van der Waals surface area contributed by atoms with Crippen LogP contribution < -0.4 is 11.1 Å². The van der Waals surface area contributed by atoms with Crippen LogP contribution in [-0.4, -0.2) is 11.9 Å². The molecule has 0 saturated heterocycles. The number of rotatable bonds is 2. The Morgan fingerprint density at radius 2 is 2.13 bits per heavy atom. The summed E-state index contributed by atoms with van der Waals surface area (Å²) in [4.78, 5) is 11.3. The Morgan fingerprint density at radius 1 is 1.53 bits per heavy atom. The van der Waals surface area contributed by atoms with Crippen LogP contribution in [0.25, 0.3) is 0 Å². The molecule has 0 radical (unpaired) electrons. The number of aryl methyl sites for hydroxylation is 1. The van der Waals surface area contributed by atoms with Gasteiger partial charge in [0.05, 0.1) is 6.04 Å². The van der Waals surface area contributed by atoms with Crippen molar-refractivity contribution in [3.05, 3.63) is 28.2 Å². The maximum atomic E-state index is 11.3. The van der Waals surface area contributed by atoms with Crippen molar-refractivity contribution in [1.82, 2.24) is 0 Å². The van der Waals surface area contributed by atoms with E-state index < -0.39 is 6.04 Å². The van der Waals surface area contributed by atoms with Gasteiger partial charge in [0.2, 0.25) is 5.91 Å². The lowest BCUT2D eigenvalue weighted by molar-refractivity contribution is -0.117. The number of benzene rings is 1. The number of halogens is 2. The molecule has 0 heterocycles. The van der Waals surface area contributed by atoms with Gasteiger partial charge in [0.15, 0.2) is 0 Å². The quantitative estimate of drug-likeness (QED) is 0.880. The highest BCUT2D eigenvalue weighted by Crippen LogP contribution is 2.20. The lowest BCUT2D eigenvalue weighted by Gasteiger charge is -2.08. The van der Waals surface area contributed by atoms with Gasteiger partial charge in [-0.2, -0.15) is 0 Å². The van der Waals surface area contributed by atoms with E-state index in [4.69, 9.17) is 5.73 Å². The van der Waals surface area contributed by atoms with E-state index in [1.165, 1.54) is 0 Å². The number of nitrogens with two attached hydrogens (primary N) is 1. The highest BCUT2D eigenvalue weighted by Gasteiger charge is 2.07. The van der Waals surface area contributed by atoms with Gasteiger partial charge in [0, 0.05) is 10.2 Å². The number of carbonyl (C=O) groups excluding carboxylic acids is 1. The second kappa shape index (κ2) is 6.10. The van der Waals surface area contributed by atoms with Crippen LogP contribution in [-0.2, 0) is 4.79 Å². The van der Waals surface area contributed by atoms with Crippen molar-refractivity contribution in [3.63, 3.8) is 0 Å². The Balaban J connectivity index is 0.00000196. The van der Waals surface area contributed by atoms with E-state index in [-0.39, 0.29) is 18.3 Å². The maximum Gasteiger partial charge on any atom is 0.240 e. The van der Waals surface area contributed by atoms with Crippen LogP contribution in [0.4, 0.5) is 5.69 Å². The fourth-order valence-electron chi connectivity index (χ4n) is 0.927. The molecule has 0 saturated carbocycles. The highest BCUT2D eigenvalue weighted by molar-refractivity contribution is 9.10. The molecular weight excluding hydrogens is 279 g/mol. The summed E-state index contributed by atoms with van der Waals surface area (Å²) in [5.41, 5.74) is 7.31. The first-order valence-corrected chi connectivity index (χ1v) is 5.12. The molecule has 1 rings (SSSR count). The smallest absolute Gasteiger partial charge is 0.240 e. The number of amides is 1. The van der Waals surface area contributed by atoms with Crippen molar-refractivity contribution < 1.29 is 4.79 Å². The van der Waals surface area contributed by atoms with Gasteiger partial charge in [0.25, 0.3) is 0 Å². The van der Waals surface area contributed by atoms with Crippen molar-refractivity contribution in [2.75, 3.05) is 5.32 Å². The van der Waals surface area contributed by atoms with Crippen LogP contribution in [0.1, 0.15) is 12.5 Å². The Bertz CT molecular complexity index is 355. The number of anilines is 1. The van der Waals surface area contributed by atoms with Gasteiger partial charge >= 0.3 is 0 Å². The van der Waals surface area contributed by atoms with E-state index in [0.717, 1.165) is 15.7 Å². The average molecular weight is 294 g/mol. The molecule has 1 amide bonds. The zero-order valence-corrected chi connectivity index (χ0v) is 11.0. The van der Waals surface area contributed by atoms with Gasteiger partial charge in [0.1, 0.15) is 0 Å². The molecule has 0 aliphatic rings. The molecule has 84 valence electrons. The summed E-state index contributed by atoms with van der Waals surface area (Å²) >= 11 is 3.39. The number of carbonyl (C=O) groups is 1. The molecule has 15 heavy (non-hydrogen) atoms. The largest absolute Gasteiger partial charge is 0.325 e. The number of hydrogen-bond donors (Lipinski definition) is 2. The SMILES string of the molecule is Cc1ccc(NC(=O)C(C)N)cc1Br.Cl. The molecular formula is C10H14BrClN2O. The van der Waals surface area contributed by atoms with Gasteiger partial charge in [-0.05, 0) is 31.5 Å². The third kappa shape index (κ3) is 4.20. The zero-order chi connectivity index (χ0) is 10.7. The fourth-order valence-corrected chi connectivity index (χ4v) is 1.31. The van der Waals surface area contributed by atoms with Crippen LogP contribution in [0.15, 0.2) is 22.7 Å². The van der Waals surface area contributed by atoms with Crippen LogP contribution in [0, 0.1) is 6.92 Å². The second-order valence-corrected chi connectivity index (χ2v) is 4.10. The average Bonchev–Trinajstić information content (AvgIpc) is 2.11. The molecule has 1 unspecified atom stereocenters. The van der Waals surface area contributed by atoms with E-state index in [1.54, 1.807) is 6.92 Å². The van der Waals surface area contributed by atoms with E-state index in [0.29, 0.717) is 0 Å². The van der Waals surface area contributed by atoms with Crippen molar-refractivity contribution in [1.29, 1.82) is 0 Å². The predicted molar refractivity (Wildman–Crippen MR) is 68.4 cm³/mol. The topological polar surface area (TPSA) is 55.1 Å².